The summed E-state index contributed by atoms with van der Waals surface area (Å²) in [7, 11) is 0. The summed E-state index contributed by atoms with van der Waals surface area (Å²) in [6, 6.07) is 6.30. The van der Waals surface area contributed by atoms with Crippen LogP contribution in [-0.2, 0) is 15.0 Å². The zero-order valence-corrected chi connectivity index (χ0v) is 13.3. The van der Waals surface area contributed by atoms with E-state index in [0.29, 0.717) is 12.8 Å². The van der Waals surface area contributed by atoms with Crippen LogP contribution in [0.25, 0.3) is 0 Å². The number of nitrogens with zero attached hydrogens (tertiary/aromatic N) is 1. The molecule has 0 atom stereocenters. The minimum Gasteiger partial charge on any atom is -0.346 e. The van der Waals surface area contributed by atoms with E-state index in [1.165, 1.54) is 12.1 Å². The summed E-state index contributed by atoms with van der Waals surface area (Å²) in [5.74, 6) is -0.494. The van der Waals surface area contributed by atoms with E-state index in [-0.39, 0.29) is 24.2 Å². The lowest BCUT2D eigenvalue weighted by atomic mass is 9.78. The van der Waals surface area contributed by atoms with Crippen LogP contribution < -0.4 is 5.32 Å². The Morgan fingerprint density at radius 3 is 2.48 bits per heavy atom. The van der Waals surface area contributed by atoms with Crippen molar-refractivity contribution >= 4 is 11.8 Å². The molecule has 124 valence electrons. The molecule has 0 unspecified atom stereocenters. The third-order valence-corrected chi connectivity index (χ3v) is 5.13. The van der Waals surface area contributed by atoms with E-state index < -0.39 is 5.41 Å². The van der Waals surface area contributed by atoms with Gasteiger partial charge in [-0.15, -0.1) is 0 Å². The molecule has 2 aliphatic rings. The van der Waals surface area contributed by atoms with Gasteiger partial charge in [0.15, 0.2) is 0 Å². The molecule has 1 N–H and O–H groups in total. The van der Waals surface area contributed by atoms with Crippen LogP contribution in [0.5, 0.6) is 0 Å². The van der Waals surface area contributed by atoms with E-state index in [4.69, 9.17) is 0 Å². The number of carbonyl (C=O) groups excluding carboxylic acids is 2. The molecule has 1 aliphatic heterocycles. The highest BCUT2D eigenvalue weighted by atomic mass is 19.1. The fraction of sp³-hybridized carbons (Fsp3) is 0.556. The van der Waals surface area contributed by atoms with Gasteiger partial charge in [0.05, 0.1) is 12.0 Å². The highest BCUT2D eigenvalue weighted by molar-refractivity contribution is 5.92. The van der Waals surface area contributed by atoms with Gasteiger partial charge in [-0.05, 0) is 43.4 Å². The predicted octanol–water partition coefficient (Wildman–Crippen LogP) is 2.38. The van der Waals surface area contributed by atoms with E-state index in [9.17, 15) is 14.0 Å². The zero-order chi connectivity index (χ0) is 16.3. The Morgan fingerprint density at radius 2 is 1.83 bits per heavy atom. The first-order valence-corrected chi connectivity index (χ1v) is 8.44. The second kappa shape index (κ2) is 6.69. The molecule has 0 aromatic heterocycles. The van der Waals surface area contributed by atoms with Gasteiger partial charge in [0, 0.05) is 13.1 Å². The van der Waals surface area contributed by atoms with E-state index in [2.05, 4.69) is 5.32 Å². The third-order valence-electron chi connectivity index (χ3n) is 5.13. The van der Waals surface area contributed by atoms with Crippen LogP contribution in [-0.4, -0.2) is 36.3 Å². The minimum atomic E-state index is -0.687. The van der Waals surface area contributed by atoms with Gasteiger partial charge in [-0.25, -0.2) is 4.39 Å². The van der Waals surface area contributed by atoms with Crippen molar-refractivity contribution in [3.05, 3.63) is 35.6 Å². The molecular formula is C18H23FN2O2. The summed E-state index contributed by atoms with van der Waals surface area (Å²) >= 11 is 0. The van der Waals surface area contributed by atoms with Gasteiger partial charge in [0.2, 0.25) is 11.8 Å². The first-order chi connectivity index (χ1) is 11.1. The van der Waals surface area contributed by atoms with Crippen LogP contribution in [0, 0.1) is 5.82 Å². The average molecular weight is 318 g/mol. The monoisotopic (exact) mass is 318 g/mol. The van der Waals surface area contributed by atoms with Crippen molar-refractivity contribution < 1.29 is 14.0 Å². The van der Waals surface area contributed by atoms with Gasteiger partial charge in [-0.1, -0.05) is 25.0 Å². The van der Waals surface area contributed by atoms with Crippen LogP contribution in [0.1, 0.15) is 44.1 Å². The summed E-state index contributed by atoms with van der Waals surface area (Å²) in [6.07, 6.45) is 5.38. The standard InChI is InChI=1S/C18H23FN2O2/c19-15-7-5-6-14(12-15)18(8-1-2-9-18)17(23)20-13-16(22)21-10-3-4-11-21/h5-7,12H,1-4,8-11,13H2,(H,20,23). The van der Waals surface area contributed by atoms with Crippen LogP contribution >= 0.6 is 0 Å². The van der Waals surface area contributed by atoms with Gasteiger partial charge in [0.25, 0.3) is 0 Å². The molecular weight excluding hydrogens is 295 g/mol. The molecule has 2 fully saturated rings. The first-order valence-electron chi connectivity index (χ1n) is 8.44. The van der Waals surface area contributed by atoms with Crippen molar-refractivity contribution in [1.82, 2.24) is 10.2 Å². The Labute approximate surface area is 136 Å². The van der Waals surface area contributed by atoms with Gasteiger partial charge in [0.1, 0.15) is 5.82 Å². The molecule has 1 aromatic carbocycles. The van der Waals surface area contributed by atoms with Crippen molar-refractivity contribution in [3.8, 4) is 0 Å². The van der Waals surface area contributed by atoms with E-state index >= 15 is 0 Å². The van der Waals surface area contributed by atoms with Crippen molar-refractivity contribution in [3.63, 3.8) is 0 Å². The van der Waals surface area contributed by atoms with Crippen LogP contribution in [0.15, 0.2) is 24.3 Å². The molecule has 1 heterocycles. The number of rotatable bonds is 4. The molecule has 0 bridgehead atoms. The molecule has 4 nitrogen and oxygen atoms in total. The highest BCUT2D eigenvalue weighted by Crippen LogP contribution is 2.41. The maximum atomic E-state index is 13.6. The molecule has 3 rings (SSSR count). The van der Waals surface area contributed by atoms with Crippen molar-refractivity contribution in [2.75, 3.05) is 19.6 Å². The second-order valence-electron chi connectivity index (χ2n) is 6.57. The molecule has 1 saturated heterocycles. The molecule has 0 spiro atoms. The largest absolute Gasteiger partial charge is 0.346 e. The third kappa shape index (κ3) is 3.23. The topological polar surface area (TPSA) is 49.4 Å². The van der Waals surface area contributed by atoms with Crippen LogP contribution in [0.2, 0.25) is 0 Å². The minimum absolute atomic E-state index is 0.0248. The van der Waals surface area contributed by atoms with Crippen molar-refractivity contribution in [2.24, 2.45) is 0 Å². The van der Waals surface area contributed by atoms with E-state index in [0.717, 1.165) is 44.3 Å². The lowest BCUT2D eigenvalue weighted by molar-refractivity contribution is -0.133. The van der Waals surface area contributed by atoms with Gasteiger partial charge in [-0.3, -0.25) is 9.59 Å². The Morgan fingerprint density at radius 1 is 1.13 bits per heavy atom. The normalized spacial score (nSPS) is 19.8. The van der Waals surface area contributed by atoms with E-state index in [1.807, 2.05) is 6.07 Å². The Balaban J connectivity index is 1.70. The number of hydrogen-bond acceptors (Lipinski definition) is 2. The second-order valence-corrected chi connectivity index (χ2v) is 6.57. The molecule has 2 amide bonds. The molecule has 5 heteroatoms. The number of benzene rings is 1. The van der Waals surface area contributed by atoms with Gasteiger partial charge < -0.3 is 10.2 Å². The smallest absolute Gasteiger partial charge is 0.241 e. The fourth-order valence-electron chi connectivity index (χ4n) is 3.81. The van der Waals surface area contributed by atoms with E-state index in [1.54, 1.807) is 11.0 Å². The summed E-state index contributed by atoms with van der Waals surface area (Å²) in [5, 5.41) is 2.81. The molecule has 0 radical (unpaired) electrons. The van der Waals surface area contributed by atoms with Gasteiger partial charge in [-0.2, -0.15) is 0 Å². The Hall–Kier alpha value is -1.91. The lowest BCUT2D eigenvalue weighted by Crippen LogP contribution is -2.46. The molecule has 1 aromatic rings. The lowest BCUT2D eigenvalue weighted by Gasteiger charge is -2.28. The SMILES string of the molecule is O=C(CNC(=O)C1(c2cccc(F)c2)CCCC1)N1CCCC1. The number of amides is 2. The molecule has 23 heavy (non-hydrogen) atoms. The summed E-state index contributed by atoms with van der Waals surface area (Å²) < 4.78 is 13.6. The first kappa shape index (κ1) is 16.0. The highest BCUT2D eigenvalue weighted by Gasteiger charge is 2.42. The average Bonchev–Trinajstić information content (AvgIpc) is 3.24. The Bertz CT molecular complexity index is 590. The number of hydrogen-bond donors (Lipinski definition) is 1. The summed E-state index contributed by atoms with van der Waals surface area (Å²) in [6.45, 7) is 1.60. The van der Waals surface area contributed by atoms with Crippen LogP contribution in [0.3, 0.4) is 0 Å². The summed E-state index contributed by atoms with van der Waals surface area (Å²) in [5.41, 5.74) is 0.0361. The molecule has 1 aliphatic carbocycles. The zero-order valence-electron chi connectivity index (χ0n) is 13.3. The number of carbonyl (C=O) groups is 2. The quantitative estimate of drug-likeness (QED) is 0.926. The fourth-order valence-corrected chi connectivity index (χ4v) is 3.81. The predicted molar refractivity (Wildman–Crippen MR) is 85.4 cm³/mol. The van der Waals surface area contributed by atoms with Crippen LogP contribution in [0.4, 0.5) is 4.39 Å². The maximum absolute atomic E-state index is 13.6. The number of halogens is 1. The van der Waals surface area contributed by atoms with Crippen molar-refractivity contribution in [1.29, 1.82) is 0 Å². The Kier molecular flexibility index (Phi) is 4.64. The number of likely N-dealkylation sites (tertiary alicyclic amines) is 1. The van der Waals surface area contributed by atoms with Gasteiger partial charge >= 0.3 is 0 Å². The summed E-state index contributed by atoms with van der Waals surface area (Å²) in [4.78, 5) is 26.7. The maximum Gasteiger partial charge on any atom is 0.241 e. The number of nitrogens with one attached hydrogen (secondary N) is 1. The van der Waals surface area contributed by atoms with Crippen molar-refractivity contribution in [2.45, 2.75) is 43.9 Å². The molecule has 1 saturated carbocycles.